The molecule has 1 fully saturated rings. The molecule has 1 aromatic rings. The zero-order valence-electron chi connectivity index (χ0n) is 10.1. The summed E-state index contributed by atoms with van der Waals surface area (Å²) >= 11 is 0. The van der Waals surface area contributed by atoms with Crippen molar-refractivity contribution in [2.75, 3.05) is 13.7 Å². The lowest BCUT2D eigenvalue weighted by molar-refractivity contribution is -0.386. The van der Waals surface area contributed by atoms with Crippen molar-refractivity contribution in [2.45, 2.75) is 12.5 Å². The molecule has 2 N–H and O–H groups in total. The first kappa shape index (κ1) is 12.9. The summed E-state index contributed by atoms with van der Waals surface area (Å²) in [5.74, 6) is -0.542. The van der Waals surface area contributed by atoms with Crippen LogP contribution in [0.2, 0.25) is 0 Å². The second kappa shape index (κ2) is 5.01. The van der Waals surface area contributed by atoms with Crippen LogP contribution < -0.4 is 10.1 Å². The van der Waals surface area contributed by atoms with E-state index in [0.29, 0.717) is 12.0 Å². The minimum atomic E-state index is -0.706. The number of methoxy groups -OCH3 is 1. The molecule has 0 saturated carbocycles. The van der Waals surface area contributed by atoms with E-state index < -0.39 is 28.5 Å². The molecule has 1 saturated heterocycles. The molecule has 1 heterocycles. The number of nitrogens with one attached hydrogen (secondary N) is 1. The third-order valence-corrected chi connectivity index (χ3v) is 2.83. The summed E-state index contributed by atoms with van der Waals surface area (Å²) in [4.78, 5) is 21.3. The predicted molar refractivity (Wildman–Crippen MR) is 63.2 cm³/mol. The van der Waals surface area contributed by atoms with Gasteiger partial charge >= 0.3 is 11.8 Å². The fourth-order valence-corrected chi connectivity index (χ4v) is 1.89. The number of carbonyl (C=O) groups is 1. The molecule has 8 heteroatoms. The second-order valence-corrected chi connectivity index (χ2v) is 3.97. The highest BCUT2D eigenvalue weighted by atomic mass is 16.6. The average molecular weight is 268 g/mol. The van der Waals surface area contributed by atoms with Crippen LogP contribution in [0.4, 0.5) is 10.5 Å². The van der Waals surface area contributed by atoms with E-state index in [2.05, 4.69) is 5.32 Å². The average Bonchev–Trinajstić information content (AvgIpc) is 2.38. The Morgan fingerprint density at radius 2 is 2.32 bits per heavy atom. The van der Waals surface area contributed by atoms with E-state index in [-0.39, 0.29) is 12.4 Å². The minimum absolute atomic E-state index is 0.00931. The molecule has 2 rings (SSSR count). The van der Waals surface area contributed by atoms with Gasteiger partial charge in [-0.2, -0.15) is 0 Å². The number of hydrogen-bond acceptors (Lipinski definition) is 6. The van der Waals surface area contributed by atoms with Crippen molar-refractivity contribution in [2.24, 2.45) is 0 Å². The number of ether oxygens (including phenoxy) is 2. The van der Waals surface area contributed by atoms with E-state index in [1.807, 2.05) is 0 Å². The molecule has 0 spiro atoms. The number of rotatable bonds is 3. The quantitative estimate of drug-likeness (QED) is 0.634. The fourth-order valence-electron chi connectivity index (χ4n) is 1.89. The molecule has 1 aromatic carbocycles. The third kappa shape index (κ3) is 2.51. The van der Waals surface area contributed by atoms with E-state index in [0.717, 1.165) is 0 Å². The second-order valence-electron chi connectivity index (χ2n) is 3.97. The Morgan fingerprint density at radius 3 is 2.89 bits per heavy atom. The summed E-state index contributed by atoms with van der Waals surface area (Å²) in [6.45, 7) is 0.230. The van der Waals surface area contributed by atoms with Gasteiger partial charge in [0, 0.05) is 12.5 Å². The minimum Gasteiger partial charge on any atom is -0.500 e. The maximum absolute atomic E-state index is 11.1. The van der Waals surface area contributed by atoms with Crippen molar-refractivity contribution < 1.29 is 24.3 Å². The number of aromatic hydroxyl groups is 1. The van der Waals surface area contributed by atoms with Crippen LogP contribution in [0.3, 0.4) is 0 Å². The molecule has 0 aromatic heterocycles. The van der Waals surface area contributed by atoms with Crippen LogP contribution in [0.1, 0.15) is 18.0 Å². The highest BCUT2D eigenvalue weighted by molar-refractivity contribution is 5.69. The van der Waals surface area contributed by atoms with Crippen molar-refractivity contribution in [3.63, 3.8) is 0 Å². The highest BCUT2D eigenvalue weighted by Gasteiger charge is 2.26. The number of phenols is 1. The Hall–Kier alpha value is -2.51. The van der Waals surface area contributed by atoms with Crippen molar-refractivity contribution in [1.82, 2.24) is 5.32 Å². The van der Waals surface area contributed by atoms with E-state index >= 15 is 0 Å². The molecule has 19 heavy (non-hydrogen) atoms. The molecule has 102 valence electrons. The van der Waals surface area contributed by atoms with E-state index in [4.69, 9.17) is 9.47 Å². The lowest BCUT2D eigenvalue weighted by atomic mass is 10.0. The number of cyclic esters (lactones) is 1. The van der Waals surface area contributed by atoms with E-state index in [1.54, 1.807) is 0 Å². The molecule has 8 nitrogen and oxygen atoms in total. The number of nitro benzene ring substituents is 1. The molecule has 0 bridgehead atoms. The van der Waals surface area contributed by atoms with Crippen LogP contribution >= 0.6 is 0 Å². The van der Waals surface area contributed by atoms with Crippen LogP contribution in [0.5, 0.6) is 11.5 Å². The molecule has 1 amide bonds. The molecular weight excluding hydrogens is 256 g/mol. The standard InChI is InChI=1S/C11H12N2O6/c1-18-9-5-6(4-8(10(9)14)13(16)17)7-2-3-19-11(15)12-7/h4-5,7,14H,2-3H2,1H3,(H,12,15)/t7-/m0/s1. The van der Waals surface area contributed by atoms with E-state index in [1.165, 1.54) is 19.2 Å². The van der Waals surface area contributed by atoms with Gasteiger partial charge in [-0.3, -0.25) is 10.1 Å². The molecule has 0 radical (unpaired) electrons. The van der Waals surface area contributed by atoms with Crippen molar-refractivity contribution in [3.05, 3.63) is 27.8 Å². The Bertz CT molecular complexity index is 530. The predicted octanol–water partition coefficient (Wildman–Crippen LogP) is 1.48. The van der Waals surface area contributed by atoms with E-state index in [9.17, 15) is 20.0 Å². The number of nitrogens with zero attached hydrogens (tertiary/aromatic N) is 1. The van der Waals surface area contributed by atoms with Gasteiger partial charge in [-0.05, 0) is 11.6 Å². The van der Waals surface area contributed by atoms with Crippen molar-refractivity contribution >= 4 is 11.8 Å². The summed E-state index contributed by atoms with van der Waals surface area (Å²) in [5.41, 5.74) is 0.0214. The van der Waals surface area contributed by atoms with Crippen molar-refractivity contribution in [3.8, 4) is 11.5 Å². The van der Waals surface area contributed by atoms with Gasteiger partial charge in [0.1, 0.15) is 0 Å². The van der Waals surface area contributed by atoms with Gasteiger partial charge in [-0.15, -0.1) is 0 Å². The number of carbonyl (C=O) groups excluding carboxylic acids is 1. The first-order valence-electron chi connectivity index (χ1n) is 5.51. The number of nitro groups is 1. The van der Waals surface area contributed by atoms with Crippen LogP contribution in [0.25, 0.3) is 0 Å². The van der Waals surface area contributed by atoms with Gasteiger partial charge in [0.15, 0.2) is 5.75 Å². The highest BCUT2D eigenvalue weighted by Crippen LogP contribution is 2.39. The molecule has 1 aliphatic rings. The van der Waals surface area contributed by atoms with Gasteiger partial charge in [0.2, 0.25) is 5.75 Å². The maximum atomic E-state index is 11.1. The number of amides is 1. The third-order valence-electron chi connectivity index (χ3n) is 2.83. The molecule has 1 aliphatic heterocycles. The van der Waals surface area contributed by atoms with Gasteiger partial charge in [-0.25, -0.2) is 4.79 Å². The molecule has 1 atom stereocenters. The topological polar surface area (TPSA) is 111 Å². The summed E-state index contributed by atoms with van der Waals surface area (Å²) < 4.78 is 9.62. The Labute approximate surface area is 108 Å². The van der Waals surface area contributed by atoms with Crippen LogP contribution in [-0.2, 0) is 4.74 Å². The number of hydrogen-bond donors (Lipinski definition) is 2. The summed E-state index contributed by atoms with van der Waals surface area (Å²) in [5, 5.41) is 23.1. The summed E-state index contributed by atoms with van der Waals surface area (Å²) in [6.07, 6.45) is -0.0949. The van der Waals surface area contributed by atoms with Crippen LogP contribution in [0.15, 0.2) is 12.1 Å². The first-order valence-corrected chi connectivity index (χ1v) is 5.51. The zero-order chi connectivity index (χ0) is 14.0. The molecular formula is C11H12N2O6. The van der Waals surface area contributed by atoms with Gasteiger partial charge < -0.3 is 19.9 Å². The van der Waals surface area contributed by atoms with Gasteiger partial charge in [0.25, 0.3) is 0 Å². The van der Waals surface area contributed by atoms with Crippen LogP contribution in [0, 0.1) is 10.1 Å². The molecule has 0 unspecified atom stereocenters. The SMILES string of the molecule is COc1cc([C@@H]2CCOC(=O)N2)cc([N+](=O)[O-])c1O. The maximum Gasteiger partial charge on any atom is 0.407 e. The number of alkyl carbamates (subject to hydrolysis) is 1. The van der Waals surface area contributed by atoms with Crippen molar-refractivity contribution in [1.29, 1.82) is 0 Å². The lowest BCUT2D eigenvalue weighted by Crippen LogP contribution is -2.35. The lowest BCUT2D eigenvalue weighted by Gasteiger charge is -2.24. The van der Waals surface area contributed by atoms with Gasteiger partial charge in [0.05, 0.1) is 24.7 Å². The Morgan fingerprint density at radius 1 is 1.58 bits per heavy atom. The summed E-state index contributed by atoms with van der Waals surface area (Å²) in [6, 6.07) is 2.27. The fraction of sp³-hybridized carbons (Fsp3) is 0.364. The normalized spacial score (nSPS) is 18.4. The Balaban J connectivity index is 2.42. The number of phenolic OH excluding ortho intramolecular Hbond substituents is 1. The smallest absolute Gasteiger partial charge is 0.407 e. The molecule has 0 aliphatic carbocycles. The largest absolute Gasteiger partial charge is 0.500 e. The van der Waals surface area contributed by atoms with Gasteiger partial charge in [-0.1, -0.05) is 0 Å². The number of benzene rings is 1. The van der Waals surface area contributed by atoms with Crippen LogP contribution in [-0.4, -0.2) is 29.8 Å². The summed E-state index contributed by atoms with van der Waals surface area (Å²) in [7, 11) is 1.30. The first-order chi connectivity index (χ1) is 9.02. The Kier molecular flexibility index (Phi) is 3.41. The zero-order valence-corrected chi connectivity index (χ0v) is 10.1. The monoisotopic (exact) mass is 268 g/mol.